The molecule has 0 saturated heterocycles. The van der Waals surface area contributed by atoms with Crippen LogP contribution in [0.5, 0.6) is 0 Å². The quantitative estimate of drug-likeness (QED) is 0.345. The molecule has 0 aromatic rings. The van der Waals surface area contributed by atoms with Gasteiger partial charge in [-0.25, -0.2) is 4.79 Å². The van der Waals surface area contributed by atoms with Crippen molar-refractivity contribution < 1.29 is 19.5 Å². The fraction of sp³-hybridized carbons (Fsp3) is 0.800. The first-order valence-corrected chi connectivity index (χ1v) is 7.31. The van der Waals surface area contributed by atoms with E-state index in [1.165, 1.54) is 0 Å². The topological polar surface area (TPSA) is 57.5 Å². The lowest BCUT2D eigenvalue weighted by molar-refractivity contribution is -0.941. The first kappa shape index (κ1) is 18.1. The van der Waals surface area contributed by atoms with Gasteiger partial charge >= 0.3 is 5.97 Å². The number of nitrogens with zero attached hydrogens (tertiary/aromatic N) is 1. The zero-order chi connectivity index (χ0) is 14.9. The van der Waals surface area contributed by atoms with E-state index in [9.17, 15) is 15.0 Å². The second-order valence-corrected chi connectivity index (χ2v) is 5.27. The van der Waals surface area contributed by atoms with E-state index in [1.807, 2.05) is 19.9 Å². The standard InChI is InChI=1S/C15H29NO3/c1-5-8-9-10-11-14(17)12-16(6-2,7-3)13(4)15(18)19/h5,13-14,17H,1,6-12H2,2-4H3/p+1. The zero-order valence-electron chi connectivity index (χ0n) is 12.6. The lowest BCUT2D eigenvalue weighted by Gasteiger charge is -2.41. The zero-order valence-corrected chi connectivity index (χ0v) is 12.6. The fourth-order valence-electron chi connectivity index (χ4n) is 2.60. The average molecular weight is 272 g/mol. The Morgan fingerprint density at radius 2 is 1.89 bits per heavy atom. The van der Waals surface area contributed by atoms with Gasteiger partial charge in [0.1, 0.15) is 12.6 Å². The van der Waals surface area contributed by atoms with Crippen molar-refractivity contribution in [3.8, 4) is 0 Å². The Morgan fingerprint density at radius 3 is 2.32 bits per heavy atom. The van der Waals surface area contributed by atoms with Gasteiger partial charge in [-0.15, -0.1) is 6.58 Å². The molecular weight excluding hydrogens is 242 g/mol. The molecule has 0 amide bonds. The molecule has 0 rings (SSSR count). The second kappa shape index (κ2) is 9.10. The second-order valence-electron chi connectivity index (χ2n) is 5.27. The monoisotopic (exact) mass is 272 g/mol. The van der Waals surface area contributed by atoms with E-state index in [2.05, 4.69) is 6.58 Å². The minimum Gasteiger partial charge on any atom is -0.477 e. The highest BCUT2D eigenvalue weighted by molar-refractivity contribution is 5.71. The van der Waals surface area contributed by atoms with Crippen molar-refractivity contribution in [3.63, 3.8) is 0 Å². The van der Waals surface area contributed by atoms with Crippen molar-refractivity contribution >= 4 is 5.97 Å². The van der Waals surface area contributed by atoms with Crippen LogP contribution in [0.25, 0.3) is 0 Å². The van der Waals surface area contributed by atoms with Gasteiger partial charge in [-0.2, -0.15) is 0 Å². The van der Waals surface area contributed by atoms with Crippen LogP contribution in [0, 0.1) is 0 Å². The van der Waals surface area contributed by atoms with Crippen LogP contribution in [0.1, 0.15) is 46.5 Å². The van der Waals surface area contributed by atoms with Gasteiger partial charge in [0.15, 0.2) is 6.04 Å². The van der Waals surface area contributed by atoms with Crippen molar-refractivity contribution in [2.45, 2.75) is 58.6 Å². The number of allylic oxidation sites excluding steroid dienone is 1. The molecule has 2 atom stereocenters. The SMILES string of the molecule is C=CCCCCC(O)C[N+](CC)(CC)C(C)C(=O)O. The van der Waals surface area contributed by atoms with E-state index in [0.29, 0.717) is 11.0 Å². The summed E-state index contributed by atoms with van der Waals surface area (Å²) >= 11 is 0. The van der Waals surface area contributed by atoms with Crippen LogP contribution in [-0.4, -0.2) is 52.4 Å². The molecule has 0 aromatic heterocycles. The van der Waals surface area contributed by atoms with Gasteiger partial charge in [0.25, 0.3) is 0 Å². The Labute approximate surface area is 117 Å². The molecule has 4 nitrogen and oxygen atoms in total. The number of carbonyl (C=O) groups is 1. The molecule has 0 radical (unpaired) electrons. The van der Waals surface area contributed by atoms with E-state index in [-0.39, 0.29) is 0 Å². The number of unbranched alkanes of at least 4 members (excludes halogenated alkanes) is 2. The van der Waals surface area contributed by atoms with Crippen LogP contribution in [0.4, 0.5) is 0 Å². The molecule has 0 fully saturated rings. The molecule has 0 bridgehead atoms. The molecule has 2 N–H and O–H groups in total. The molecule has 0 aliphatic heterocycles. The Bertz CT molecular complexity index is 275. The van der Waals surface area contributed by atoms with E-state index in [0.717, 1.165) is 38.8 Å². The van der Waals surface area contributed by atoms with Crippen molar-refractivity contribution in [2.24, 2.45) is 0 Å². The van der Waals surface area contributed by atoms with Crippen LogP contribution in [0.2, 0.25) is 0 Å². The van der Waals surface area contributed by atoms with Gasteiger partial charge in [0.2, 0.25) is 0 Å². The molecule has 112 valence electrons. The van der Waals surface area contributed by atoms with Gasteiger partial charge in [-0.1, -0.05) is 12.5 Å². The summed E-state index contributed by atoms with van der Waals surface area (Å²) in [5.74, 6) is -0.789. The molecule has 0 aliphatic carbocycles. The molecule has 0 aliphatic rings. The highest BCUT2D eigenvalue weighted by Gasteiger charge is 2.37. The number of hydrogen-bond acceptors (Lipinski definition) is 2. The van der Waals surface area contributed by atoms with Gasteiger partial charge in [0.05, 0.1) is 13.1 Å². The summed E-state index contributed by atoms with van der Waals surface area (Å²) in [6.07, 6.45) is 5.17. The van der Waals surface area contributed by atoms with E-state index in [4.69, 9.17) is 0 Å². The minimum atomic E-state index is -0.789. The van der Waals surface area contributed by atoms with Crippen LogP contribution in [-0.2, 0) is 4.79 Å². The van der Waals surface area contributed by atoms with Crippen molar-refractivity contribution in [2.75, 3.05) is 19.6 Å². The van der Waals surface area contributed by atoms with Gasteiger partial charge in [0, 0.05) is 0 Å². The third-order valence-corrected chi connectivity index (χ3v) is 4.21. The highest BCUT2D eigenvalue weighted by Crippen LogP contribution is 2.17. The van der Waals surface area contributed by atoms with E-state index in [1.54, 1.807) is 6.92 Å². The first-order chi connectivity index (χ1) is 8.93. The number of quaternary nitrogens is 1. The predicted molar refractivity (Wildman–Crippen MR) is 78.0 cm³/mol. The average Bonchev–Trinajstić information content (AvgIpc) is 2.40. The normalized spacial score (nSPS) is 14.9. The van der Waals surface area contributed by atoms with E-state index >= 15 is 0 Å². The fourth-order valence-corrected chi connectivity index (χ4v) is 2.60. The van der Waals surface area contributed by atoms with Crippen LogP contribution in [0.15, 0.2) is 12.7 Å². The summed E-state index contributed by atoms with van der Waals surface area (Å²) in [6, 6.07) is -0.474. The van der Waals surface area contributed by atoms with Crippen LogP contribution >= 0.6 is 0 Å². The molecule has 0 spiro atoms. The summed E-state index contributed by atoms with van der Waals surface area (Å²) in [6.45, 7) is 11.4. The van der Waals surface area contributed by atoms with Crippen molar-refractivity contribution in [3.05, 3.63) is 12.7 Å². The van der Waals surface area contributed by atoms with E-state index < -0.39 is 18.1 Å². The summed E-state index contributed by atoms with van der Waals surface area (Å²) in [5, 5.41) is 19.4. The number of hydrogen-bond donors (Lipinski definition) is 2. The lowest BCUT2D eigenvalue weighted by atomic mass is 10.1. The number of aliphatic carboxylic acids is 1. The van der Waals surface area contributed by atoms with Gasteiger partial charge in [-0.05, 0) is 40.0 Å². The Kier molecular flexibility index (Phi) is 8.68. The summed E-state index contributed by atoms with van der Waals surface area (Å²) in [5.41, 5.74) is 0. The maximum atomic E-state index is 11.2. The minimum absolute atomic E-state index is 0.425. The molecule has 0 heterocycles. The summed E-state index contributed by atoms with van der Waals surface area (Å²) in [4.78, 5) is 11.2. The first-order valence-electron chi connectivity index (χ1n) is 7.31. The third-order valence-electron chi connectivity index (χ3n) is 4.21. The summed E-state index contributed by atoms with van der Waals surface area (Å²) in [7, 11) is 0. The van der Waals surface area contributed by atoms with Crippen molar-refractivity contribution in [1.29, 1.82) is 0 Å². The van der Waals surface area contributed by atoms with Crippen molar-refractivity contribution in [1.82, 2.24) is 0 Å². The molecule has 4 heteroatoms. The largest absolute Gasteiger partial charge is 0.477 e. The predicted octanol–water partition coefficient (Wildman–Crippen LogP) is 2.42. The highest BCUT2D eigenvalue weighted by atomic mass is 16.4. The molecule has 0 saturated carbocycles. The Hall–Kier alpha value is -0.870. The molecule has 0 aromatic carbocycles. The Balaban J connectivity index is 4.48. The number of carboxylic acids is 1. The van der Waals surface area contributed by atoms with Crippen LogP contribution < -0.4 is 0 Å². The Morgan fingerprint density at radius 1 is 1.32 bits per heavy atom. The number of aliphatic hydroxyl groups excluding tert-OH is 1. The number of aliphatic hydroxyl groups is 1. The maximum absolute atomic E-state index is 11.2. The van der Waals surface area contributed by atoms with Gasteiger partial charge in [-0.3, -0.25) is 0 Å². The summed E-state index contributed by atoms with van der Waals surface area (Å²) < 4.78 is 0.442. The molecule has 19 heavy (non-hydrogen) atoms. The number of rotatable bonds is 11. The third kappa shape index (κ3) is 5.74. The number of likely N-dealkylation sites (N-methyl/N-ethyl adjacent to an activating group) is 1. The lowest BCUT2D eigenvalue weighted by Crippen LogP contribution is -2.60. The number of carboxylic acid groups (broad SMARTS) is 1. The van der Waals surface area contributed by atoms with Gasteiger partial charge < -0.3 is 14.7 Å². The van der Waals surface area contributed by atoms with Crippen LogP contribution in [0.3, 0.4) is 0 Å². The molecular formula is C15H30NO3+. The molecule has 2 unspecified atom stereocenters. The smallest absolute Gasteiger partial charge is 0.362 e. The maximum Gasteiger partial charge on any atom is 0.362 e.